The lowest BCUT2D eigenvalue weighted by Gasteiger charge is -2.29. The van der Waals surface area contributed by atoms with E-state index in [1.54, 1.807) is 42.5 Å². The molecule has 0 bridgehead atoms. The molecule has 1 heterocycles. The van der Waals surface area contributed by atoms with Crippen LogP contribution in [0.25, 0.3) is 5.76 Å². The number of ketones is 1. The minimum absolute atomic E-state index is 0.0620. The van der Waals surface area contributed by atoms with Crippen LogP contribution in [0.4, 0.5) is 0 Å². The lowest BCUT2D eigenvalue weighted by Crippen LogP contribution is -3.12. The van der Waals surface area contributed by atoms with E-state index in [4.69, 9.17) is 21.1 Å². The molecule has 1 fully saturated rings. The van der Waals surface area contributed by atoms with E-state index >= 15 is 0 Å². The van der Waals surface area contributed by atoms with Gasteiger partial charge in [0.1, 0.15) is 0 Å². The predicted molar refractivity (Wildman–Crippen MR) is 129 cm³/mol. The van der Waals surface area contributed by atoms with Crippen molar-refractivity contribution in [1.82, 2.24) is 4.90 Å². The van der Waals surface area contributed by atoms with Gasteiger partial charge in [0.25, 0.3) is 5.91 Å². The van der Waals surface area contributed by atoms with Crippen LogP contribution in [0.3, 0.4) is 0 Å². The molecular formula is C26H31ClN2O5. The maximum atomic E-state index is 13.5. The van der Waals surface area contributed by atoms with E-state index in [2.05, 4.69) is 13.8 Å². The number of nitrogens with zero attached hydrogens (tertiary/aromatic N) is 1. The highest BCUT2D eigenvalue weighted by Crippen LogP contribution is 2.41. The second kappa shape index (κ2) is 11.4. The van der Waals surface area contributed by atoms with Crippen LogP contribution in [0.2, 0.25) is 5.02 Å². The molecule has 1 atom stereocenters. The summed E-state index contributed by atoms with van der Waals surface area (Å²) in [6.45, 7) is 9.29. The minimum Gasteiger partial charge on any atom is -0.872 e. The van der Waals surface area contributed by atoms with E-state index in [1.165, 1.54) is 16.9 Å². The second-order valence-corrected chi connectivity index (χ2v) is 8.47. The molecule has 3 rings (SSSR count). The Kier molecular flexibility index (Phi) is 8.58. The number of Topliss-reactive ketones (excluding diaryl/α,β-unsaturated/α-hetero) is 1. The standard InChI is InChI=1S/C26H31ClN2O5/c1-5-28(6-2)14-15-29-23(18-10-13-20(34-7-3)21(16-18)33-4)22(25(31)26(29)32)24(30)17-8-11-19(27)12-9-17/h8-13,16,23,30H,5-7,14-15H2,1-4H3/b24-22+. The van der Waals surface area contributed by atoms with Crippen molar-refractivity contribution < 1.29 is 29.1 Å². The highest BCUT2D eigenvalue weighted by molar-refractivity contribution is 6.46. The summed E-state index contributed by atoms with van der Waals surface area (Å²) in [7, 11) is 1.53. The van der Waals surface area contributed by atoms with E-state index in [-0.39, 0.29) is 5.57 Å². The topological polar surface area (TPSA) is 83.3 Å². The fraction of sp³-hybridized carbons (Fsp3) is 0.385. The Morgan fingerprint density at radius 2 is 1.74 bits per heavy atom. The summed E-state index contributed by atoms with van der Waals surface area (Å²) in [5.41, 5.74) is 0.860. The van der Waals surface area contributed by atoms with Gasteiger partial charge in [0.2, 0.25) is 5.78 Å². The van der Waals surface area contributed by atoms with Crippen molar-refractivity contribution in [2.45, 2.75) is 26.8 Å². The minimum atomic E-state index is -0.817. The molecule has 0 aliphatic carbocycles. The number of methoxy groups -OCH3 is 1. The van der Waals surface area contributed by atoms with Gasteiger partial charge in [-0.3, -0.25) is 9.59 Å². The molecule has 2 aromatic carbocycles. The van der Waals surface area contributed by atoms with Crippen LogP contribution in [0.5, 0.6) is 11.5 Å². The molecule has 8 heteroatoms. The Labute approximate surface area is 205 Å². The Balaban J connectivity index is 2.14. The van der Waals surface area contributed by atoms with Crippen molar-refractivity contribution in [3.63, 3.8) is 0 Å². The maximum absolute atomic E-state index is 13.5. The van der Waals surface area contributed by atoms with Crippen LogP contribution < -0.4 is 19.5 Å². The fourth-order valence-corrected chi connectivity index (χ4v) is 4.34. The van der Waals surface area contributed by atoms with Gasteiger partial charge < -0.3 is 24.4 Å². The number of amides is 1. The molecule has 0 aromatic heterocycles. The molecule has 1 unspecified atom stereocenters. The van der Waals surface area contributed by atoms with Crippen LogP contribution >= 0.6 is 11.6 Å². The van der Waals surface area contributed by atoms with E-state index < -0.39 is 23.5 Å². The van der Waals surface area contributed by atoms with Gasteiger partial charge in [0.15, 0.2) is 11.5 Å². The molecule has 1 saturated heterocycles. The number of carbonyl (C=O) groups is 2. The number of halogens is 1. The lowest BCUT2D eigenvalue weighted by molar-refractivity contribution is -0.895. The number of likely N-dealkylation sites (tertiary alicyclic amines) is 1. The normalized spacial score (nSPS) is 17.5. The van der Waals surface area contributed by atoms with Gasteiger partial charge in [-0.05, 0) is 56.2 Å². The third-order valence-corrected chi connectivity index (χ3v) is 6.40. The van der Waals surface area contributed by atoms with Crippen LogP contribution in [-0.2, 0) is 9.59 Å². The highest BCUT2D eigenvalue weighted by atomic mass is 35.5. The number of ether oxygens (including phenoxy) is 2. The summed E-state index contributed by atoms with van der Waals surface area (Å²) in [5, 5.41) is 14.0. The zero-order chi connectivity index (χ0) is 24.8. The van der Waals surface area contributed by atoms with Crippen molar-refractivity contribution >= 4 is 29.1 Å². The molecule has 2 aromatic rings. The molecule has 1 aliphatic heterocycles. The van der Waals surface area contributed by atoms with Gasteiger partial charge in [-0.25, -0.2) is 0 Å². The molecule has 0 saturated carbocycles. The number of benzene rings is 2. The Morgan fingerprint density at radius 1 is 1.06 bits per heavy atom. The average Bonchev–Trinajstić information content (AvgIpc) is 3.10. The Hall–Kier alpha value is -3.03. The fourth-order valence-electron chi connectivity index (χ4n) is 4.22. The molecule has 1 aliphatic rings. The van der Waals surface area contributed by atoms with Crippen molar-refractivity contribution in [3.05, 3.63) is 64.2 Å². The van der Waals surface area contributed by atoms with E-state index in [9.17, 15) is 14.7 Å². The van der Waals surface area contributed by atoms with E-state index in [1.807, 2.05) is 6.92 Å². The highest BCUT2D eigenvalue weighted by Gasteiger charge is 2.44. The number of rotatable bonds is 10. The quantitative estimate of drug-likeness (QED) is 0.315. The summed E-state index contributed by atoms with van der Waals surface area (Å²) in [5.74, 6) is -0.896. The van der Waals surface area contributed by atoms with Crippen LogP contribution in [0, 0.1) is 0 Å². The number of hydrogen-bond donors (Lipinski definition) is 1. The summed E-state index contributed by atoms with van der Waals surface area (Å²) >= 11 is 5.97. The number of hydrogen-bond acceptors (Lipinski definition) is 5. The first-order valence-electron chi connectivity index (χ1n) is 11.5. The third kappa shape index (κ3) is 5.21. The molecular weight excluding hydrogens is 456 g/mol. The predicted octanol–water partition coefficient (Wildman–Crippen LogP) is 1.90. The zero-order valence-corrected chi connectivity index (χ0v) is 20.8. The number of carbonyl (C=O) groups excluding carboxylic acids is 2. The van der Waals surface area contributed by atoms with Crippen LogP contribution in [0.15, 0.2) is 48.0 Å². The number of likely N-dealkylation sites (N-methyl/N-ethyl adjacent to an activating group) is 1. The Bertz CT molecular complexity index is 1060. The smallest absolute Gasteiger partial charge is 0.295 e. The molecule has 182 valence electrons. The summed E-state index contributed by atoms with van der Waals surface area (Å²) in [6, 6.07) is 10.7. The van der Waals surface area contributed by atoms with Gasteiger partial charge in [-0.2, -0.15) is 0 Å². The molecule has 1 amide bonds. The van der Waals surface area contributed by atoms with Gasteiger partial charge in [-0.1, -0.05) is 35.6 Å². The van der Waals surface area contributed by atoms with E-state index in [0.29, 0.717) is 47.3 Å². The monoisotopic (exact) mass is 486 g/mol. The van der Waals surface area contributed by atoms with Crippen LogP contribution in [0.1, 0.15) is 37.9 Å². The molecule has 1 N–H and O–H groups in total. The molecule has 0 spiro atoms. The number of quaternary nitrogens is 1. The summed E-state index contributed by atoms with van der Waals surface area (Å²) in [4.78, 5) is 29.1. The van der Waals surface area contributed by atoms with Gasteiger partial charge in [0, 0.05) is 10.6 Å². The second-order valence-electron chi connectivity index (χ2n) is 8.03. The third-order valence-electron chi connectivity index (χ3n) is 6.15. The average molecular weight is 487 g/mol. The maximum Gasteiger partial charge on any atom is 0.295 e. The van der Waals surface area contributed by atoms with Crippen LogP contribution in [-0.4, -0.2) is 56.5 Å². The zero-order valence-electron chi connectivity index (χ0n) is 20.0. The largest absolute Gasteiger partial charge is 0.872 e. The van der Waals surface area contributed by atoms with Crippen molar-refractivity contribution in [2.75, 3.05) is 39.9 Å². The van der Waals surface area contributed by atoms with Gasteiger partial charge in [0.05, 0.1) is 45.9 Å². The lowest BCUT2D eigenvalue weighted by atomic mass is 9.95. The first-order valence-corrected chi connectivity index (χ1v) is 11.9. The first kappa shape index (κ1) is 25.6. The molecule has 7 nitrogen and oxygen atoms in total. The molecule has 34 heavy (non-hydrogen) atoms. The SMILES string of the molecule is CCOc1ccc(C2/C(=C(\[O-])c3ccc(Cl)cc3)C(=O)C(=O)N2CC[NH+](CC)CC)cc1OC. The number of nitrogens with one attached hydrogen (secondary N) is 1. The first-order chi connectivity index (χ1) is 16.4. The van der Waals surface area contributed by atoms with Gasteiger partial charge >= 0.3 is 0 Å². The summed E-state index contributed by atoms with van der Waals surface area (Å²) < 4.78 is 11.1. The van der Waals surface area contributed by atoms with Crippen molar-refractivity contribution in [2.24, 2.45) is 0 Å². The van der Waals surface area contributed by atoms with E-state index in [0.717, 1.165) is 13.1 Å². The Morgan fingerprint density at radius 3 is 2.32 bits per heavy atom. The van der Waals surface area contributed by atoms with Crippen molar-refractivity contribution in [1.29, 1.82) is 0 Å². The van der Waals surface area contributed by atoms with Gasteiger partial charge in [-0.15, -0.1) is 0 Å². The van der Waals surface area contributed by atoms with Crippen molar-refractivity contribution in [3.8, 4) is 11.5 Å². The summed E-state index contributed by atoms with van der Waals surface area (Å²) in [6.07, 6.45) is 0. The molecule has 0 radical (unpaired) electrons.